The number of carboxylic acid groups (broad SMARTS) is 1. The number of halogens is 1. The zero-order valence-electron chi connectivity index (χ0n) is 12.8. The highest BCUT2D eigenvalue weighted by Crippen LogP contribution is 2.20. The zero-order chi connectivity index (χ0) is 15.2. The molecule has 0 bridgehead atoms. The van der Waals surface area contributed by atoms with Crippen molar-refractivity contribution in [2.24, 2.45) is 0 Å². The molecule has 0 saturated heterocycles. The highest BCUT2D eigenvalue weighted by molar-refractivity contribution is 5.85. The predicted octanol–water partition coefficient (Wildman–Crippen LogP) is 3.37. The van der Waals surface area contributed by atoms with Gasteiger partial charge in [-0.05, 0) is 19.9 Å². The molecule has 2 rings (SSSR count). The molecule has 1 aromatic carbocycles. The third kappa shape index (κ3) is 5.16. The van der Waals surface area contributed by atoms with Gasteiger partial charge < -0.3 is 9.63 Å². The fourth-order valence-corrected chi connectivity index (χ4v) is 2.19. The van der Waals surface area contributed by atoms with E-state index in [2.05, 4.69) is 5.16 Å². The third-order valence-electron chi connectivity index (χ3n) is 3.18. The van der Waals surface area contributed by atoms with E-state index in [9.17, 15) is 4.79 Å². The number of hydrogen-bond donors (Lipinski definition) is 1. The lowest BCUT2D eigenvalue weighted by molar-refractivity contribution is -0.138. The van der Waals surface area contributed by atoms with Gasteiger partial charge in [0.15, 0.2) is 5.76 Å². The SMILES string of the molecule is CCCN(CC(=O)O)Cc1cc(-c2ccc(C)cc2)no1.Cl. The topological polar surface area (TPSA) is 66.6 Å². The van der Waals surface area contributed by atoms with Gasteiger partial charge in [-0.25, -0.2) is 0 Å². The summed E-state index contributed by atoms with van der Waals surface area (Å²) in [7, 11) is 0. The fourth-order valence-electron chi connectivity index (χ4n) is 2.19. The number of rotatable bonds is 7. The van der Waals surface area contributed by atoms with Crippen molar-refractivity contribution in [2.75, 3.05) is 13.1 Å². The maximum Gasteiger partial charge on any atom is 0.317 e. The van der Waals surface area contributed by atoms with E-state index in [1.165, 1.54) is 5.56 Å². The van der Waals surface area contributed by atoms with Crippen molar-refractivity contribution < 1.29 is 14.4 Å². The van der Waals surface area contributed by atoms with E-state index in [4.69, 9.17) is 9.63 Å². The molecule has 1 heterocycles. The first-order valence-electron chi connectivity index (χ1n) is 7.05. The van der Waals surface area contributed by atoms with Gasteiger partial charge >= 0.3 is 5.97 Å². The molecule has 6 heteroatoms. The summed E-state index contributed by atoms with van der Waals surface area (Å²) < 4.78 is 5.32. The van der Waals surface area contributed by atoms with Gasteiger partial charge in [-0.15, -0.1) is 12.4 Å². The number of aliphatic carboxylic acids is 1. The summed E-state index contributed by atoms with van der Waals surface area (Å²) >= 11 is 0. The molecule has 22 heavy (non-hydrogen) atoms. The normalized spacial score (nSPS) is 10.5. The second-order valence-corrected chi connectivity index (χ2v) is 5.15. The molecule has 5 nitrogen and oxygen atoms in total. The zero-order valence-corrected chi connectivity index (χ0v) is 13.6. The van der Waals surface area contributed by atoms with Crippen LogP contribution in [0.1, 0.15) is 24.7 Å². The first-order valence-corrected chi connectivity index (χ1v) is 7.05. The minimum absolute atomic E-state index is 0. The maximum absolute atomic E-state index is 10.8. The highest BCUT2D eigenvalue weighted by Gasteiger charge is 2.13. The number of nitrogens with zero attached hydrogens (tertiary/aromatic N) is 2. The lowest BCUT2D eigenvalue weighted by atomic mass is 10.1. The molecule has 2 aromatic rings. The van der Waals surface area contributed by atoms with Crippen LogP contribution in [-0.4, -0.2) is 34.2 Å². The molecule has 0 spiro atoms. The van der Waals surface area contributed by atoms with Gasteiger partial charge in [0.1, 0.15) is 5.69 Å². The average molecular weight is 325 g/mol. The molecule has 0 aliphatic rings. The lowest BCUT2D eigenvalue weighted by Crippen LogP contribution is -2.29. The Morgan fingerprint density at radius 2 is 2.00 bits per heavy atom. The van der Waals surface area contributed by atoms with Crippen LogP contribution in [0.3, 0.4) is 0 Å². The van der Waals surface area contributed by atoms with Gasteiger partial charge in [-0.1, -0.05) is 41.9 Å². The minimum atomic E-state index is -0.832. The molecular formula is C16H21ClN2O3. The van der Waals surface area contributed by atoms with Crippen molar-refractivity contribution >= 4 is 18.4 Å². The predicted molar refractivity (Wildman–Crippen MR) is 87.1 cm³/mol. The first kappa shape index (κ1) is 18.2. The number of carbonyl (C=O) groups is 1. The summed E-state index contributed by atoms with van der Waals surface area (Å²) in [5, 5.41) is 13.0. The Balaban J connectivity index is 0.00000242. The van der Waals surface area contributed by atoms with Gasteiger partial charge in [0, 0.05) is 11.6 Å². The van der Waals surface area contributed by atoms with Crippen molar-refractivity contribution in [3.05, 3.63) is 41.7 Å². The monoisotopic (exact) mass is 324 g/mol. The quantitative estimate of drug-likeness (QED) is 0.845. The summed E-state index contributed by atoms with van der Waals surface area (Å²) in [6.07, 6.45) is 0.895. The lowest BCUT2D eigenvalue weighted by Gasteiger charge is -2.17. The van der Waals surface area contributed by atoms with Gasteiger partial charge in [0.2, 0.25) is 0 Å². The molecule has 0 saturated carbocycles. The summed E-state index contributed by atoms with van der Waals surface area (Å²) in [5.41, 5.74) is 2.96. The van der Waals surface area contributed by atoms with Crippen LogP contribution >= 0.6 is 12.4 Å². The van der Waals surface area contributed by atoms with E-state index in [0.717, 1.165) is 17.7 Å². The van der Waals surface area contributed by atoms with Crippen molar-refractivity contribution in [3.63, 3.8) is 0 Å². The standard InChI is InChI=1S/C16H20N2O3.ClH/c1-3-8-18(11-16(19)20)10-14-9-15(17-21-14)13-6-4-12(2)5-7-13;/h4-7,9H,3,8,10-11H2,1-2H3,(H,19,20);1H. The van der Waals surface area contributed by atoms with Crippen molar-refractivity contribution in [3.8, 4) is 11.3 Å². The second-order valence-electron chi connectivity index (χ2n) is 5.15. The number of hydrogen-bond acceptors (Lipinski definition) is 4. The van der Waals surface area contributed by atoms with Crippen LogP contribution in [0.5, 0.6) is 0 Å². The average Bonchev–Trinajstić information content (AvgIpc) is 2.87. The molecule has 0 atom stereocenters. The molecule has 0 amide bonds. The Morgan fingerprint density at radius 3 is 2.59 bits per heavy atom. The van der Waals surface area contributed by atoms with Crippen LogP contribution in [0.4, 0.5) is 0 Å². The van der Waals surface area contributed by atoms with Crippen LogP contribution < -0.4 is 0 Å². The minimum Gasteiger partial charge on any atom is -0.480 e. The Morgan fingerprint density at radius 1 is 1.32 bits per heavy atom. The largest absolute Gasteiger partial charge is 0.480 e. The summed E-state index contributed by atoms with van der Waals surface area (Å²) in [5.74, 6) is -0.151. The van der Waals surface area contributed by atoms with Crippen molar-refractivity contribution in [1.29, 1.82) is 0 Å². The van der Waals surface area contributed by atoms with Crippen LogP contribution in [0.15, 0.2) is 34.9 Å². The van der Waals surface area contributed by atoms with Gasteiger partial charge in [-0.2, -0.15) is 0 Å². The molecule has 0 radical (unpaired) electrons. The van der Waals surface area contributed by atoms with Crippen LogP contribution in [0.25, 0.3) is 11.3 Å². The van der Waals surface area contributed by atoms with Crippen molar-refractivity contribution in [2.45, 2.75) is 26.8 Å². The Hall–Kier alpha value is -1.85. The molecule has 0 aliphatic carbocycles. The molecule has 120 valence electrons. The molecular weight excluding hydrogens is 304 g/mol. The van der Waals surface area contributed by atoms with Crippen LogP contribution in [0, 0.1) is 6.92 Å². The molecule has 1 N–H and O–H groups in total. The second kappa shape index (κ2) is 8.56. The van der Waals surface area contributed by atoms with E-state index in [-0.39, 0.29) is 19.0 Å². The van der Waals surface area contributed by atoms with E-state index >= 15 is 0 Å². The molecule has 1 aromatic heterocycles. The third-order valence-corrected chi connectivity index (χ3v) is 3.18. The maximum atomic E-state index is 10.8. The number of aryl methyl sites for hydroxylation is 1. The van der Waals surface area contributed by atoms with E-state index in [0.29, 0.717) is 18.8 Å². The molecule has 0 fully saturated rings. The van der Waals surface area contributed by atoms with Crippen molar-refractivity contribution in [1.82, 2.24) is 10.1 Å². The van der Waals surface area contributed by atoms with Gasteiger partial charge in [0.05, 0.1) is 13.1 Å². The Bertz CT molecular complexity index is 596. The number of aromatic nitrogens is 1. The summed E-state index contributed by atoms with van der Waals surface area (Å²) in [6, 6.07) is 9.92. The van der Waals surface area contributed by atoms with Crippen LogP contribution in [0.2, 0.25) is 0 Å². The number of carboxylic acids is 1. The molecule has 0 aliphatic heterocycles. The Kier molecular flexibility index (Phi) is 7.08. The van der Waals surface area contributed by atoms with Gasteiger partial charge in [0.25, 0.3) is 0 Å². The van der Waals surface area contributed by atoms with E-state index < -0.39 is 5.97 Å². The van der Waals surface area contributed by atoms with Gasteiger partial charge in [-0.3, -0.25) is 9.69 Å². The Labute approximate surface area is 136 Å². The van der Waals surface area contributed by atoms with Crippen LogP contribution in [-0.2, 0) is 11.3 Å². The summed E-state index contributed by atoms with van der Waals surface area (Å²) in [4.78, 5) is 12.7. The van der Waals surface area contributed by atoms with E-state index in [1.807, 2.05) is 49.1 Å². The smallest absolute Gasteiger partial charge is 0.317 e. The van der Waals surface area contributed by atoms with E-state index in [1.54, 1.807) is 0 Å². The fraction of sp³-hybridized carbons (Fsp3) is 0.375. The summed E-state index contributed by atoms with van der Waals surface area (Å²) in [6.45, 7) is 5.24. The highest BCUT2D eigenvalue weighted by atomic mass is 35.5. The number of benzene rings is 1. The molecule has 0 unspecified atom stereocenters. The first-order chi connectivity index (χ1) is 10.1.